The molecule has 1 saturated heterocycles. The zero-order valence-electron chi connectivity index (χ0n) is 14.0. The van der Waals surface area contributed by atoms with Crippen LogP contribution in [-0.2, 0) is 0 Å². The number of nitrogens with one attached hydrogen (secondary N) is 1. The Morgan fingerprint density at radius 2 is 2.00 bits per heavy atom. The number of hydrogen-bond acceptors (Lipinski definition) is 3. The smallest absolute Gasteiger partial charge is 0.0546 e. The monoisotopic (exact) mass is 302 g/mol. The third-order valence-corrected chi connectivity index (χ3v) is 5.47. The zero-order valence-corrected chi connectivity index (χ0v) is 14.0. The third-order valence-electron chi connectivity index (χ3n) is 5.47. The van der Waals surface area contributed by atoms with Gasteiger partial charge in [0.15, 0.2) is 0 Å². The summed E-state index contributed by atoms with van der Waals surface area (Å²) >= 11 is 0. The van der Waals surface area contributed by atoms with Gasteiger partial charge in [0.2, 0.25) is 0 Å². The van der Waals surface area contributed by atoms with Crippen molar-refractivity contribution in [3.63, 3.8) is 0 Å². The summed E-state index contributed by atoms with van der Waals surface area (Å²) in [6.07, 6.45) is 5.57. The number of anilines is 1. The van der Waals surface area contributed by atoms with Crippen LogP contribution in [0.25, 0.3) is 0 Å². The van der Waals surface area contributed by atoms with E-state index >= 15 is 0 Å². The first-order chi connectivity index (χ1) is 10.7. The van der Waals surface area contributed by atoms with E-state index in [4.69, 9.17) is 0 Å². The lowest BCUT2D eigenvalue weighted by atomic mass is 9.76. The van der Waals surface area contributed by atoms with Crippen molar-refractivity contribution >= 4 is 5.69 Å². The van der Waals surface area contributed by atoms with Gasteiger partial charge in [0, 0.05) is 30.9 Å². The van der Waals surface area contributed by atoms with Crippen LogP contribution in [-0.4, -0.2) is 36.4 Å². The lowest BCUT2D eigenvalue weighted by Gasteiger charge is -2.41. The first kappa shape index (κ1) is 15.8. The van der Waals surface area contributed by atoms with E-state index in [1.54, 1.807) is 0 Å². The van der Waals surface area contributed by atoms with E-state index in [1.807, 2.05) is 0 Å². The highest BCUT2D eigenvalue weighted by molar-refractivity contribution is 5.48. The van der Waals surface area contributed by atoms with Crippen LogP contribution in [0.4, 0.5) is 5.69 Å². The van der Waals surface area contributed by atoms with Gasteiger partial charge < -0.3 is 15.3 Å². The van der Waals surface area contributed by atoms with E-state index < -0.39 is 0 Å². The Balaban J connectivity index is 1.49. The van der Waals surface area contributed by atoms with Gasteiger partial charge in [-0.2, -0.15) is 0 Å². The Kier molecular flexibility index (Phi) is 5.04. The molecule has 1 aromatic carbocycles. The fraction of sp³-hybridized carbons (Fsp3) is 0.684. The molecule has 3 rings (SSSR count). The van der Waals surface area contributed by atoms with Gasteiger partial charge in [-0.1, -0.05) is 19.1 Å². The summed E-state index contributed by atoms with van der Waals surface area (Å²) in [7, 11) is 0. The number of nitrogens with zero attached hydrogens (tertiary/aromatic N) is 1. The fourth-order valence-electron chi connectivity index (χ4n) is 3.98. The maximum atomic E-state index is 9.52. The van der Waals surface area contributed by atoms with Crippen LogP contribution in [0.3, 0.4) is 0 Å². The molecule has 0 radical (unpaired) electrons. The average Bonchev–Trinajstić information content (AvgIpc) is 2.50. The molecule has 1 aromatic rings. The Hall–Kier alpha value is -1.06. The molecular weight excluding hydrogens is 272 g/mol. The summed E-state index contributed by atoms with van der Waals surface area (Å²) in [5.41, 5.74) is 2.71. The van der Waals surface area contributed by atoms with Gasteiger partial charge in [-0.3, -0.25) is 0 Å². The number of piperidine rings is 1. The fourth-order valence-corrected chi connectivity index (χ4v) is 3.98. The maximum absolute atomic E-state index is 9.52. The molecule has 1 atom stereocenters. The van der Waals surface area contributed by atoms with E-state index in [2.05, 4.69) is 48.3 Å². The molecule has 2 aliphatic rings. The summed E-state index contributed by atoms with van der Waals surface area (Å²) in [6.45, 7) is 6.72. The number of hydrogen-bond donors (Lipinski definition) is 2. The van der Waals surface area contributed by atoms with Gasteiger partial charge >= 0.3 is 0 Å². The molecule has 2 fully saturated rings. The van der Waals surface area contributed by atoms with E-state index in [-0.39, 0.29) is 6.10 Å². The molecule has 3 heteroatoms. The standard InChI is InChI=1S/C19H30N2O/c1-3-19(15-12-18(22)13-15)20-16-7-9-21(10-8-16)17-6-4-5-14(2)11-17/h4-6,11,15-16,18-20,22H,3,7-10,12-13H2,1-2H3/t15?,18?,19-/m0/s1. The molecule has 2 N–H and O–H groups in total. The van der Waals surface area contributed by atoms with Crippen molar-refractivity contribution in [2.24, 2.45) is 5.92 Å². The van der Waals surface area contributed by atoms with Gasteiger partial charge in [-0.25, -0.2) is 0 Å². The molecule has 3 nitrogen and oxygen atoms in total. The number of rotatable bonds is 5. The van der Waals surface area contributed by atoms with Crippen molar-refractivity contribution in [1.29, 1.82) is 0 Å². The van der Waals surface area contributed by atoms with Gasteiger partial charge in [0.05, 0.1) is 6.10 Å². The number of aliphatic hydroxyl groups is 1. The van der Waals surface area contributed by atoms with Crippen LogP contribution in [0.15, 0.2) is 24.3 Å². The zero-order chi connectivity index (χ0) is 15.5. The van der Waals surface area contributed by atoms with Gasteiger partial charge in [0.1, 0.15) is 0 Å². The highest BCUT2D eigenvalue weighted by atomic mass is 16.3. The molecule has 22 heavy (non-hydrogen) atoms. The topological polar surface area (TPSA) is 35.5 Å². The minimum Gasteiger partial charge on any atom is -0.393 e. The summed E-state index contributed by atoms with van der Waals surface area (Å²) in [5, 5.41) is 13.4. The predicted octanol–water partition coefficient (Wildman–Crippen LogP) is 3.10. The maximum Gasteiger partial charge on any atom is 0.0546 e. The minimum absolute atomic E-state index is 0.0379. The molecule has 0 spiro atoms. The lowest BCUT2D eigenvalue weighted by molar-refractivity contribution is 0.0209. The quantitative estimate of drug-likeness (QED) is 0.877. The number of benzene rings is 1. The largest absolute Gasteiger partial charge is 0.393 e. The second kappa shape index (κ2) is 7.01. The van der Waals surface area contributed by atoms with E-state index in [9.17, 15) is 5.11 Å². The van der Waals surface area contributed by atoms with Crippen LogP contribution >= 0.6 is 0 Å². The second-order valence-electron chi connectivity index (χ2n) is 7.17. The lowest BCUT2D eigenvalue weighted by Crippen LogP contribution is -2.51. The van der Waals surface area contributed by atoms with Crippen molar-refractivity contribution in [2.75, 3.05) is 18.0 Å². The van der Waals surface area contributed by atoms with Crippen LogP contribution in [0.1, 0.15) is 44.6 Å². The first-order valence-corrected chi connectivity index (χ1v) is 8.91. The van der Waals surface area contributed by atoms with Crippen molar-refractivity contribution in [2.45, 2.75) is 64.1 Å². The van der Waals surface area contributed by atoms with E-state index in [1.165, 1.54) is 30.5 Å². The van der Waals surface area contributed by atoms with E-state index in [0.29, 0.717) is 18.0 Å². The summed E-state index contributed by atoms with van der Waals surface area (Å²) < 4.78 is 0. The molecular formula is C19H30N2O. The molecule has 0 amide bonds. The SMILES string of the molecule is CC[C@H](NC1CCN(c2cccc(C)c2)CC1)C1CC(O)C1. The summed E-state index contributed by atoms with van der Waals surface area (Å²) in [6, 6.07) is 10.1. The second-order valence-corrected chi connectivity index (χ2v) is 7.17. The Bertz CT molecular complexity index is 476. The number of aryl methyl sites for hydroxylation is 1. The molecule has 1 aliphatic heterocycles. The minimum atomic E-state index is -0.0379. The molecule has 1 saturated carbocycles. The summed E-state index contributed by atoms with van der Waals surface area (Å²) in [5.74, 6) is 0.690. The van der Waals surface area contributed by atoms with Crippen LogP contribution in [0, 0.1) is 12.8 Å². The summed E-state index contributed by atoms with van der Waals surface area (Å²) in [4.78, 5) is 2.51. The highest BCUT2D eigenvalue weighted by Gasteiger charge is 2.34. The van der Waals surface area contributed by atoms with Crippen molar-refractivity contribution in [1.82, 2.24) is 5.32 Å². The number of aliphatic hydroxyl groups excluding tert-OH is 1. The van der Waals surface area contributed by atoms with Crippen molar-refractivity contribution < 1.29 is 5.11 Å². The first-order valence-electron chi connectivity index (χ1n) is 8.91. The molecule has 0 aromatic heterocycles. The van der Waals surface area contributed by atoms with Crippen LogP contribution in [0.2, 0.25) is 0 Å². The third kappa shape index (κ3) is 3.64. The van der Waals surface area contributed by atoms with Crippen LogP contribution < -0.4 is 10.2 Å². The molecule has 122 valence electrons. The Morgan fingerprint density at radius 3 is 2.59 bits per heavy atom. The average molecular weight is 302 g/mol. The normalized spacial score (nSPS) is 27.5. The molecule has 1 aliphatic carbocycles. The van der Waals surface area contributed by atoms with Gasteiger partial charge in [-0.15, -0.1) is 0 Å². The van der Waals surface area contributed by atoms with Crippen LogP contribution in [0.5, 0.6) is 0 Å². The van der Waals surface area contributed by atoms with Crippen molar-refractivity contribution in [3.8, 4) is 0 Å². The molecule has 0 unspecified atom stereocenters. The van der Waals surface area contributed by atoms with Crippen molar-refractivity contribution in [3.05, 3.63) is 29.8 Å². The molecule has 1 heterocycles. The Labute approximate surface area is 134 Å². The Morgan fingerprint density at radius 1 is 1.27 bits per heavy atom. The van der Waals surface area contributed by atoms with E-state index in [0.717, 1.165) is 25.9 Å². The predicted molar refractivity (Wildman–Crippen MR) is 92.4 cm³/mol. The van der Waals surface area contributed by atoms with Gasteiger partial charge in [0.25, 0.3) is 0 Å². The molecule has 0 bridgehead atoms. The van der Waals surface area contributed by atoms with Gasteiger partial charge in [-0.05, 0) is 62.6 Å². The highest BCUT2D eigenvalue weighted by Crippen LogP contribution is 2.32.